The summed E-state index contributed by atoms with van der Waals surface area (Å²) in [5.74, 6) is 4.18. The molecule has 3 aliphatic rings. The maximum absolute atomic E-state index is 14.0. The largest absolute Gasteiger partial charge is 0.405 e. The number of fused-ring (bicyclic) bond motifs is 3. The van der Waals surface area contributed by atoms with Gasteiger partial charge in [-0.25, -0.2) is 4.39 Å². The van der Waals surface area contributed by atoms with Crippen LogP contribution in [-0.4, -0.2) is 67.5 Å². The molecule has 4 heterocycles. The van der Waals surface area contributed by atoms with Crippen LogP contribution in [0.25, 0.3) is 0 Å². The first-order valence-corrected chi connectivity index (χ1v) is 13.9. The fourth-order valence-electron chi connectivity index (χ4n) is 6.01. The van der Waals surface area contributed by atoms with Crippen LogP contribution in [0.3, 0.4) is 0 Å². The molecule has 3 aromatic rings. The van der Waals surface area contributed by atoms with E-state index in [1.807, 2.05) is 26.5 Å². The summed E-state index contributed by atoms with van der Waals surface area (Å²) in [5.41, 5.74) is 1.85. The zero-order valence-electron chi connectivity index (χ0n) is 22.8. The number of halogens is 2. The van der Waals surface area contributed by atoms with E-state index in [0.29, 0.717) is 43.7 Å². The van der Waals surface area contributed by atoms with Crippen LogP contribution in [0.4, 0.5) is 4.39 Å². The molecule has 0 radical (unpaired) electrons. The number of aromatic nitrogens is 3. The lowest BCUT2D eigenvalue weighted by molar-refractivity contribution is 0.0639. The number of carbonyl (C=O) groups excluding carboxylic acids is 2. The number of carbonyl (C=O) groups is 2. The lowest BCUT2D eigenvalue weighted by Gasteiger charge is -2.30. The smallest absolute Gasteiger partial charge is 0.298 e. The number of hydrogen-bond donors (Lipinski definition) is 1. The van der Waals surface area contributed by atoms with Crippen LogP contribution >= 0.6 is 11.6 Å². The van der Waals surface area contributed by atoms with Crippen molar-refractivity contribution in [3.05, 3.63) is 79.7 Å². The summed E-state index contributed by atoms with van der Waals surface area (Å²) in [4.78, 5) is 51.9. The molecule has 1 aliphatic carbocycles. The molecule has 2 amide bonds. The fraction of sp³-hybridized carbons (Fsp3) is 0.429. The summed E-state index contributed by atoms with van der Waals surface area (Å²) in [5, 5.41) is 4.17. The predicted molar refractivity (Wildman–Crippen MR) is 148 cm³/mol. The Morgan fingerprint density at radius 1 is 1.20 bits per heavy atom. The summed E-state index contributed by atoms with van der Waals surface area (Å²) in [7, 11) is 3.84. The van der Waals surface area contributed by atoms with Gasteiger partial charge in [-0.2, -0.15) is 11.0 Å². The molecule has 216 valence electrons. The van der Waals surface area contributed by atoms with Gasteiger partial charge in [-0.1, -0.05) is 17.7 Å². The van der Waals surface area contributed by atoms with Gasteiger partial charge in [0.05, 0.1) is 16.8 Å². The predicted octanol–water partition coefficient (Wildman–Crippen LogP) is 2.32. The molecule has 1 unspecified atom stereocenters. The van der Waals surface area contributed by atoms with E-state index in [1.54, 1.807) is 15.6 Å². The highest BCUT2D eigenvalue weighted by atomic mass is 35.5. The molecule has 2 aliphatic heterocycles. The van der Waals surface area contributed by atoms with Crippen molar-refractivity contribution in [3.8, 4) is 5.75 Å². The van der Waals surface area contributed by atoms with E-state index in [1.165, 1.54) is 21.6 Å². The van der Waals surface area contributed by atoms with Crippen LogP contribution in [0, 0.1) is 11.7 Å². The second kappa shape index (κ2) is 10.6. The quantitative estimate of drug-likeness (QED) is 0.384. The van der Waals surface area contributed by atoms with Crippen molar-refractivity contribution in [2.45, 2.75) is 38.5 Å². The van der Waals surface area contributed by atoms with E-state index in [2.05, 4.69) is 10.00 Å². The first-order chi connectivity index (χ1) is 19.7. The Morgan fingerprint density at radius 3 is 2.63 bits per heavy atom. The lowest BCUT2D eigenvalue weighted by Crippen LogP contribution is -2.41. The second-order valence-corrected chi connectivity index (χ2v) is 11.5. The minimum atomic E-state index is -0.585. The third kappa shape index (κ3) is 4.89. The first kappa shape index (κ1) is 27.4. The van der Waals surface area contributed by atoms with E-state index in [9.17, 15) is 18.8 Å². The molecular formula is C28H31ClFN7O4. The van der Waals surface area contributed by atoms with Crippen molar-refractivity contribution in [3.63, 3.8) is 0 Å². The van der Waals surface area contributed by atoms with Crippen LogP contribution in [0.5, 0.6) is 5.75 Å². The topological polar surface area (TPSA) is 119 Å². The molecule has 0 spiro atoms. The first-order valence-electron chi connectivity index (χ1n) is 13.6. The Hall–Kier alpha value is -3.74. The summed E-state index contributed by atoms with van der Waals surface area (Å²) < 4.78 is 16.9. The van der Waals surface area contributed by atoms with Gasteiger partial charge >= 0.3 is 0 Å². The van der Waals surface area contributed by atoms with Crippen LogP contribution in [-0.2, 0) is 26.6 Å². The van der Waals surface area contributed by atoms with E-state index in [-0.39, 0.29) is 40.4 Å². The van der Waals surface area contributed by atoms with E-state index in [4.69, 9.17) is 22.3 Å². The van der Waals surface area contributed by atoms with Crippen molar-refractivity contribution in [1.82, 2.24) is 29.0 Å². The van der Waals surface area contributed by atoms with Gasteiger partial charge in [-0.05, 0) is 49.9 Å². The molecule has 2 aromatic heterocycles. The summed E-state index contributed by atoms with van der Waals surface area (Å²) in [6.07, 6.45) is 5.44. The molecule has 11 nitrogen and oxygen atoms in total. The van der Waals surface area contributed by atoms with E-state index in [0.717, 1.165) is 18.4 Å². The molecule has 1 fully saturated rings. The molecule has 6 rings (SSSR count). The highest BCUT2D eigenvalue weighted by molar-refractivity contribution is 6.30. The van der Waals surface area contributed by atoms with Crippen LogP contribution in [0.2, 0.25) is 5.02 Å². The van der Waals surface area contributed by atoms with E-state index < -0.39 is 23.4 Å². The van der Waals surface area contributed by atoms with Gasteiger partial charge in [0.25, 0.3) is 17.4 Å². The van der Waals surface area contributed by atoms with Gasteiger partial charge in [0.2, 0.25) is 5.75 Å². The molecule has 2 N–H and O–H groups in total. The third-order valence-electron chi connectivity index (χ3n) is 8.10. The lowest BCUT2D eigenvalue weighted by atomic mass is 9.95. The number of aryl methyl sites for hydroxylation is 1. The molecule has 1 aromatic carbocycles. The maximum atomic E-state index is 14.0. The average molecular weight is 584 g/mol. The standard InChI is InChI=1S/C28H31ClFN7O4/c1-33(13-17-12-32-34(2)14-17)9-10-36-25(18-4-5-18)37-23(27(36)39)19-7-8-35(15-16-3-6-21(30)20(29)11-16)26(38)22(19)24(41-31)28(37)40/h3,6,11-12,14,18,25H,4-5,7-10,13,15,31H2,1-2H3. The molecule has 1 atom stereocenters. The van der Waals surface area contributed by atoms with Gasteiger partial charge in [0, 0.05) is 57.1 Å². The zero-order valence-corrected chi connectivity index (χ0v) is 23.6. The van der Waals surface area contributed by atoms with E-state index >= 15 is 0 Å². The van der Waals surface area contributed by atoms with Crippen molar-refractivity contribution in [2.24, 2.45) is 18.9 Å². The maximum Gasteiger partial charge on any atom is 0.298 e. The van der Waals surface area contributed by atoms with Crippen LogP contribution in [0.1, 0.15) is 56.5 Å². The van der Waals surface area contributed by atoms with Crippen molar-refractivity contribution < 1.29 is 18.8 Å². The summed E-state index contributed by atoms with van der Waals surface area (Å²) in [6, 6.07) is 4.26. The number of hydrogen-bond acceptors (Lipinski definition) is 7. The summed E-state index contributed by atoms with van der Waals surface area (Å²) in [6.45, 7) is 2.11. The van der Waals surface area contributed by atoms with Crippen LogP contribution < -0.4 is 16.3 Å². The minimum absolute atomic E-state index is 0.0154. The Kier molecular flexibility index (Phi) is 7.08. The molecule has 0 saturated heterocycles. The van der Waals surface area contributed by atoms with Crippen molar-refractivity contribution >= 4 is 23.4 Å². The highest BCUT2D eigenvalue weighted by Gasteiger charge is 2.49. The highest BCUT2D eigenvalue weighted by Crippen LogP contribution is 2.46. The number of nitrogens with two attached hydrogens (primary N) is 1. The van der Waals surface area contributed by atoms with Gasteiger partial charge < -0.3 is 19.5 Å². The Bertz CT molecular complexity index is 1600. The normalized spacial score (nSPS) is 18.3. The number of amides is 2. The number of nitrogens with zero attached hydrogens (tertiary/aromatic N) is 6. The van der Waals surface area contributed by atoms with Crippen LogP contribution in [0.15, 0.2) is 35.4 Å². The molecule has 0 bridgehead atoms. The van der Waals surface area contributed by atoms with Gasteiger partial charge in [-0.3, -0.25) is 23.6 Å². The molecular weight excluding hydrogens is 553 g/mol. The Labute approximate surface area is 240 Å². The number of likely N-dealkylation sites (N-methyl/N-ethyl adjacent to an activating group) is 1. The zero-order chi connectivity index (χ0) is 29.0. The Balaban J connectivity index is 1.31. The van der Waals surface area contributed by atoms with Crippen molar-refractivity contribution in [2.75, 3.05) is 26.7 Å². The average Bonchev–Trinajstić information content (AvgIpc) is 3.63. The number of benzene rings is 1. The molecule has 41 heavy (non-hydrogen) atoms. The minimum Gasteiger partial charge on any atom is -0.405 e. The third-order valence-corrected chi connectivity index (χ3v) is 8.39. The van der Waals surface area contributed by atoms with Gasteiger partial charge in [-0.15, -0.1) is 0 Å². The fourth-order valence-corrected chi connectivity index (χ4v) is 6.21. The number of pyridine rings is 1. The molecule has 13 heteroatoms. The van der Waals surface area contributed by atoms with Gasteiger partial charge in [0.1, 0.15) is 17.7 Å². The Morgan fingerprint density at radius 2 is 1.98 bits per heavy atom. The molecule has 1 saturated carbocycles. The monoisotopic (exact) mass is 583 g/mol. The second-order valence-electron chi connectivity index (χ2n) is 11.1. The summed E-state index contributed by atoms with van der Waals surface area (Å²) >= 11 is 5.93. The van der Waals surface area contributed by atoms with Gasteiger partial charge in [0.15, 0.2) is 0 Å². The SMILES string of the molecule is CN(CCN1C(=O)c2c3c(c(ON)c(=O)n2C1C1CC1)C(=O)N(Cc1ccc(F)c(Cl)c1)CC3)Cc1cnn(C)c1. The van der Waals surface area contributed by atoms with Crippen molar-refractivity contribution in [1.29, 1.82) is 0 Å². The number of rotatable bonds is 9.